The Morgan fingerprint density at radius 2 is 2.05 bits per heavy atom. The minimum absolute atomic E-state index is 0. The van der Waals surface area contributed by atoms with E-state index in [0.717, 1.165) is 31.6 Å². The average Bonchev–Trinajstić information content (AvgIpc) is 2.92. The highest BCUT2D eigenvalue weighted by Crippen LogP contribution is 2.25. The molecule has 5 heteroatoms. The number of carbonyl (C=O) groups excluding carboxylic acids is 1. The van der Waals surface area contributed by atoms with Gasteiger partial charge in [0.05, 0.1) is 5.41 Å². The molecule has 0 saturated carbocycles. The third-order valence-corrected chi connectivity index (χ3v) is 4.39. The lowest BCUT2D eigenvalue weighted by Gasteiger charge is -2.24. The summed E-state index contributed by atoms with van der Waals surface area (Å²) in [6, 6.07) is 7.50. The van der Waals surface area contributed by atoms with E-state index in [1.165, 1.54) is 6.42 Å². The van der Waals surface area contributed by atoms with Crippen LogP contribution in [0.5, 0.6) is 0 Å². The van der Waals surface area contributed by atoms with Crippen molar-refractivity contribution < 1.29 is 4.79 Å². The number of halogens is 2. The predicted octanol–water partition coefficient (Wildman–Crippen LogP) is 3.16. The molecule has 1 aliphatic heterocycles. The molecular weight excluding hydrogens is 307 g/mol. The zero-order valence-electron chi connectivity index (χ0n) is 12.6. The molecule has 1 atom stereocenters. The summed E-state index contributed by atoms with van der Waals surface area (Å²) in [4.78, 5) is 12.4. The third-order valence-electron chi connectivity index (χ3n) is 4.13. The molecule has 3 nitrogen and oxygen atoms in total. The van der Waals surface area contributed by atoms with E-state index in [4.69, 9.17) is 11.6 Å². The zero-order valence-corrected chi connectivity index (χ0v) is 14.2. The Hall–Kier alpha value is -0.770. The summed E-state index contributed by atoms with van der Waals surface area (Å²) in [5.74, 6) is 0.778. The molecule has 1 heterocycles. The van der Waals surface area contributed by atoms with E-state index in [-0.39, 0.29) is 18.3 Å². The fourth-order valence-electron chi connectivity index (χ4n) is 2.57. The number of nitrogens with one attached hydrogen (secondary N) is 2. The van der Waals surface area contributed by atoms with Gasteiger partial charge in [0, 0.05) is 11.6 Å². The summed E-state index contributed by atoms with van der Waals surface area (Å²) in [5.41, 5.74) is 0.459. The summed E-state index contributed by atoms with van der Waals surface area (Å²) in [6.45, 7) is 6.83. The normalized spacial score (nSPS) is 18.1. The number of benzene rings is 1. The molecule has 1 amide bonds. The monoisotopic (exact) mass is 330 g/mol. The Bertz CT molecular complexity index is 454. The number of hydrogen-bond acceptors (Lipinski definition) is 2. The van der Waals surface area contributed by atoms with Gasteiger partial charge in [-0.25, -0.2) is 0 Å². The van der Waals surface area contributed by atoms with E-state index in [1.54, 1.807) is 0 Å². The van der Waals surface area contributed by atoms with Gasteiger partial charge in [-0.3, -0.25) is 4.79 Å². The van der Waals surface area contributed by atoms with Gasteiger partial charge < -0.3 is 10.6 Å². The molecule has 2 N–H and O–H groups in total. The van der Waals surface area contributed by atoms with Crippen molar-refractivity contribution in [3.8, 4) is 0 Å². The number of rotatable bonds is 5. The molecule has 1 aromatic carbocycles. The number of carbonyl (C=O) groups is 1. The van der Waals surface area contributed by atoms with Crippen LogP contribution in [0.15, 0.2) is 24.3 Å². The molecule has 1 fully saturated rings. The highest BCUT2D eigenvalue weighted by Gasteiger charge is 2.29. The van der Waals surface area contributed by atoms with E-state index in [1.807, 2.05) is 38.1 Å². The Morgan fingerprint density at radius 1 is 1.38 bits per heavy atom. The van der Waals surface area contributed by atoms with Crippen LogP contribution in [0.3, 0.4) is 0 Å². The van der Waals surface area contributed by atoms with Crippen LogP contribution in [-0.4, -0.2) is 25.5 Å². The maximum absolute atomic E-state index is 12.4. The zero-order chi connectivity index (χ0) is 14.6. The van der Waals surface area contributed by atoms with Crippen molar-refractivity contribution >= 4 is 29.9 Å². The number of amides is 1. The highest BCUT2D eigenvalue weighted by molar-refractivity contribution is 6.30. The molecular formula is C16H24Cl2N2O. The van der Waals surface area contributed by atoms with Gasteiger partial charge in [0.15, 0.2) is 0 Å². The fourth-order valence-corrected chi connectivity index (χ4v) is 2.70. The first kappa shape index (κ1) is 18.3. The smallest absolute Gasteiger partial charge is 0.230 e. The van der Waals surface area contributed by atoms with Crippen molar-refractivity contribution in [3.63, 3.8) is 0 Å². The van der Waals surface area contributed by atoms with E-state index < -0.39 is 5.41 Å². The van der Waals surface area contributed by atoms with Crippen LogP contribution in [0.2, 0.25) is 5.02 Å². The largest absolute Gasteiger partial charge is 0.355 e. The first-order valence-electron chi connectivity index (χ1n) is 7.25. The maximum atomic E-state index is 12.4. The molecule has 1 saturated heterocycles. The van der Waals surface area contributed by atoms with Gasteiger partial charge in [0.1, 0.15) is 0 Å². The van der Waals surface area contributed by atoms with Gasteiger partial charge in [-0.2, -0.15) is 0 Å². The van der Waals surface area contributed by atoms with Crippen molar-refractivity contribution in [2.24, 2.45) is 5.92 Å². The van der Waals surface area contributed by atoms with Crippen molar-refractivity contribution in [1.29, 1.82) is 0 Å². The Morgan fingerprint density at radius 3 is 2.62 bits per heavy atom. The van der Waals surface area contributed by atoms with Crippen LogP contribution in [0.4, 0.5) is 0 Å². The molecule has 0 bridgehead atoms. The van der Waals surface area contributed by atoms with E-state index in [9.17, 15) is 4.79 Å². The molecule has 0 radical (unpaired) electrons. The Labute approximate surface area is 138 Å². The summed E-state index contributed by atoms with van der Waals surface area (Å²) < 4.78 is 0. The van der Waals surface area contributed by atoms with Crippen LogP contribution in [-0.2, 0) is 10.2 Å². The molecule has 0 aliphatic carbocycles. The van der Waals surface area contributed by atoms with Gasteiger partial charge in [-0.15, -0.1) is 12.4 Å². The average molecular weight is 331 g/mol. The van der Waals surface area contributed by atoms with E-state index >= 15 is 0 Å². The topological polar surface area (TPSA) is 41.1 Å². The second kappa shape index (κ2) is 8.02. The molecule has 0 spiro atoms. The SMILES string of the molecule is CC(C)(C(=O)NCCC1CCNC1)c1ccc(Cl)cc1.Cl. The Balaban J connectivity index is 0.00000220. The second-order valence-electron chi connectivity index (χ2n) is 6.04. The minimum atomic E-state index is -0.529. The minimum Gasteiger partial charge on any atom is -0.355 e. The summed E-state index contributed by atoms with van der Waals surface area (Å²) in [6.07, 6.45) is 2.27. The first-order chi connectivity index (χ1) is 9.50. The lowest BCUT2D eigenvalue weighted by molar-refractivity contribution is -0.125. The van der Waals surface area contributed by atoms with Crippen LogP contribution in [0, 0.1) is 5.92 Å². The quantitative estimate of drug-likeness (QED) is 0.870. The molecule has 0 aromatic heterocycles. The van der Waals surface area contributed by atoms with Crippen LogP contribution in [0.25, 0.3) is 0 Å². The molecule has 1 aromatic rings. The molecule has 118 valence electrons. The van der Waals surface area contributed by atoms with Gasteiger partial charge in [0.25, 0.3) is 0 Å². The second-order valence-corrected chi connectivity index (χ2v) is 6.47. The van der Waals surface area contributed by atoms with Crippen molar-refractivity contribution in [1.82, 2.24) is 10.6 Å². The number of hydrogen-bond donors (Lipinski definition) is 2. The van der Waals surface area contributed by atoms with Crippen LogP contribution < -0.4 is 10.6 Å². The molecule has 21 heavy (non-hydrogen) atoms. The fraction of sp³-hybridized carbons (Fsp3) is 0.562. The Kier molecular flexibility index (Phi) is 6.98. The van der Waals surface area contributed by atoms with Gasteiger partial charge in [-0.05, 0) is 63.4 Å². The maximum Gasteiger partial charge on any atom is 0.230 e. The van der Waals surface area contributed by atoms with Gasteiger partial charge in [-0.1, -0.05) is 23.7 Å². The van der Waals surface area contributed by atoms with Gasteiger partial charge in [0.2, 0.25) is 5.91 Å². The first-order valence-corrected chi connectivity index (χ1v) is 7.63. The van der Waals surface area contributed by atoms with Crippen LogP contribution >= 0.6 is 24.0 Å². The van der Waals surface area contributed by atoms with Crippen molar-refractivity contribution in [3.05, 3.63) is 34.9 Å². The third kappa shape index (κ3) is 4.87. The molecule has 2 rings (SSSR count). The van der Waals surface area contributed by atoms with Crippen LogP contribution in [0.1, 0.15) is 32.3 Å². The lowest BCUT2D eigenvalue weighted by Crippen LogP contribution is -2.40. The summed E-state index contributed by atoms with van der Waals surface area (Å²) in [5, 5.41) is 7.10. The molecule has 1 aliphatic rings. The lowest BCUT2D eigenvalue weighted by atomic mass is 9.83. The van der Waals surface area contributed by atoms with E-state index in [0.29, 0.717) is 10.9 Å². The predicted molar refractivity (Wildman–Crippen MR) is 90.3 cm³/mol. The standard InChI is InChI=1S/C16H23ClN2O.ClH/c1-16(2,13-3-5-14(17)6-4-13)15(20)19-10-8-12-7-9-18-11-12;/h3-6,12,18H,7-11H2,1-2H3,(H,19,20);1H. The van der Waals surface area contributed by atoms with Gasteiger partial charge >= 0.3 is 0 Å². The highest BCUT2D eigenvalue weighted by atomic mass is 35.5. The summed E-state index contributed by atoms with van der Waals surface area (Å²) in [7, 11) is 0. The molecule has 1 unspecified atom stereocenters. The van der Waals surface area contributed by atoms with Crippen molar-refractivity contribution in [2.45, 2.75) is 32.1 Å². The summed E-state index contributed by atoms with van der Waals surface area (Å²) >= 11 is 5.89. The van der Waals surface area contributed by atoms with Crippen molar-refractivity contribution in [2.75, 3.05) is 19.6 Å². The van der Waals surface area contributed by atoms with E-state index in [2.05, 4.69) is 10.6 Å².